The molecule has 1 aromatic heterocycles. The van der Waals surface area contributed by atoms with Crippen molar-refractivity contribution < 1.29 is 4.74 Å². The van der Waals surface area contributed by atoms with Crippen LogP contribution in [0.5, 0.6) is 5.88 Å². The zero-order chi connectivity index (χ0) is 15.1. The van der Waals surface area contributed by atoms with E-state index in [-0.39, 0.29) is 0 Å². The lowest BCUT2D eigenvalue weighted by Gasteiger charge is -2.11. The van der Waals surface area contributed by atoms with Gasteiger partial charge in [-0.1, -0.05) is 44.2 Å². The molecule has 0 radical (unpaired) electrons. The number of allylic oxidation sites excluding steroid dienone is 1. The quantitative estimate of drug-likeness (QED) is 0.782. The SMILES string of the molecule is CC=CCOc1nc(CNCC(C)C)cc2ccccc12. The van der Waals surface area contributed by atoms with Gasteiger partial charge in [0.25, 0.3) is 0 Å². The van der Waals surface area contributed by atoms with Gasteiger partial charge < -0.3 is 10.1 Å². The Balaban J connectivity index is 2.21. The lowest BCUT2D eigenvalue weighted by molar-refractivity contribution is 0.351. The molecule has 0 fully saturated rings. The Labute approximate surface area is 127 Å². The number of rotatable bonds is 7. The molecule has 2 aromatic rings. The van der Waals surface area contributed by atoms with Crippen LogP contribution in [-0.4, -0.2) is 18.1 Å². The van der Waals surface area contributed by atoms with Gasteiger partial charge in [0.05, 0.1) is 5.69 Å². The molecule has 0 bridgehead atoms. The van der Waals surface area contributed by atoms with Crippen molar-refractivity contribution in [2.75, 3.05) is 13.2 Å². The first-order valence-corrected chi connectivity index (χ1v) is 7.54. The maximum atomic E-state index is 5.80. The molecule has 1 aromatic carbocycles. The molecule has 21 heavy (non-hydrogen) atoms. The molecule has 3 nitrogen and oxygen atoms in total. The molecular weight excluding hydrogens is 260 g/mol. The molecule has 0 aliphatic carbocycles. The average Bonchev–Trinajstić information content (AvgIpc) is 2.47. The number of hydrogen-bond acceptors (Lipinski definition) is 3. The highest BCUT2D eigenvalue weighted by Gasteiger charge is 2.06. The predicted molar refractivity (Wildman–Crippen MR) is 88.6 cm³/mol. The Hall–Kier alpha value is -1.87. The van der Waals surface area contributed by atoms with E-state index in [0.29, 0.717) is 18.4 Å². The summed E-state index contributed by atoms with van der Waals surface area (Å²) in [5.74, 6) is 1.35. The van der Waals surface area contributed by atoms with E-state index >= 15 is 0 Å². The molecule has 0 unspecified atom stereocenters. The Morgan fingerprint density at radius 3 is 2.86 bits per heavy atom. The minimum Gasteiger partial charge on any atom is -0.473 e. The number of fused-ring (bicyclic) bond motifs is 1. The van der Waals surface area contributed by atoms with Gasteiger partial charge in [-0.15, -0.1) is 0 Å². The van der Waals surface area contributed by atoms with E-state index in [4.69, 9.17) is 4.74 Å². The van der Waals surface area contributed by atoms with E-state index in [0.717, 1.165) is 24.2 Å². The fourth-order valence-electron chi connectivity index (χ4n) is 2.13. The molecule has 0 atom stereocenters. The summed E-state index contributed by atoms with van der Waals surface area (Å²) in [6, 6.07) is 10.3. The Kier molecular flexibility index (Phi) is 5.76. The van der Waals surface area contributed by atoms with Crippen molar-refractivity contribution in [2.24, 2.45) is 5.92 Å². The van der Waals surface area contributed by atoms with E-state index < -0.39 is 0 Å². The van der Waals surface area contributed by atoms with E-state index in [1.54, 1.807) is 0 Å². The van der Waals surface area contributed by atoms with Gasteiger partial charge in [0.1, 0.15) is 6.61 Å². The zero-order valence-corrected chi connectivity index (χ0v) is 13.1. The molecule has 2 rings (SSSR count). The van der Waals surface area contributed by atoms with Gasteiger partial charge in [0.15, 0.2) is 0 Å². The molecule has 0 aliphatic heterocycles. The molecule has 1 N–H and O–H groups in total. The highest BCUT2D eigenvalue weighted by Crippen LogP contribution is 2.24. The monoisotopic (exact) mass is 284 g/mol. The molecule has 3 heteroatoms. The minimum atomic E-state index is 0.552. The molecule has 0 saturated heterocycles. The van der Waals surface area contributed by atoms with Crippen LogP contribution in [-0.2, 0) is 6.54 Å². The van der Waals surface area contributed by atoms with Crippen LogP contribution in [0.25, 0.3) is 10.8 Å². The van der Waals surface area contributed by atoms with Gasteiger partial charge in [-0.3, -0.25) is 0 Å². The van der Waals surface area contributed by atoms with Crippen LogP contribution >= 0.6 is 0 Å². The molecule has 0 amide bonds. The zero-order valence-electron chi connectivity index (χ0n) is 13.1. The summed E-state index contributed by atoms with van der Waals surface area (Å²) >= 11 is 0. The topological polar surface area (TPSA) is 34.1 Å². The van der Waals surface area contributed by atoms with Crippen molar-refractivity contribution in [2.45, 2.75) is 27.3 Å². The van der Waals surface area contributed by atoms with Crippen LogP contribution in [0.2, 0.25) is 0 Å². The Morgan fingerprint density at radius 1 is 1.29 bits per heavy atom. The van der Waals surface area contributed by atoms with Crippen LogP contribution in [0.1, 0.15) is 26.5 Å². The highest BCUT2D eigenvalue weighted by molar-refractivity contribution is 5.87. The maximum Gasteiger partial charge on any atom is 0.221 e. The average molecular weight is 284 g/mol. The van der Waals surface area contributed by atoms with Crippen molar-refractivity contribution in [3.05, 3.63) is 48.2 Å². The Bertz CT molecular complexity index is 605. The van der Waals surface area contributed by atoms with E-state index in [2.05, 4.69) is 42.3 Å². The first-order chi connectivity index (χ1) is 10.2. The van der Waals surface area contributed by atoms with Crippen molar-refractivity contribution in [3.8, 4) is 5.88 Å². The largest absolute Gasteiger partial charge is 0.473 e. The lowest BCUT2D eigenvalue weighted by Crippen LogP contribution is -2.19. The molecule has 112 valence electrons. The lowest BCUT2D eigenvalue weighted by atomic mass is 10.1. The molecule has 0 spiro atoms. The Morgan fingerprint density at radius 2 is 2.10 bits per heavy atom. The molecule has 0 aliphatic rings. The van der Waals surface area contributed by atoms with Gasteiger partial charge in [0, 0.05) is 11.9 Å². The first kappa shape index (κ1) is 15.5. The summed E-state index contributed by atoms with van der Waals surface area (Å²) < 4.78 is 5.80. The van der Waals surface area contributed by atoms with E-state index in [1.807, 2.05) is 31.2 Å². The van der Waals surface area contributed by atoms with Crippen LogP contribution in [0, 0.1) is 5.92 Å². The van der Waals surface area contributed by atoms with Crippen molar-refractivity contribution in [3.63, 3.8) is 0 Å². The molecule has 1 heterocycles. The van der Waals surface area contributed by atoms with Gasteiger partial charge in [-0.2, -0.15) is 0 Å². The van der Waals surface area contributed by atoms with Crippen molar-refractivity contribution in [1.29, 1.82) is 0 Å². The highest BCUT2D eigenvalue weighted by atomic mass is 16.5. The summed E-state index contributed by atoms with van der Waals surface area (Å²) in [4.78, 5) is 4.65. The number of nitrogens with zero attached hydrogens (tertiary/aromatic N) is 1. The minimum absolute atomic E-state index is 0.552. The number of ether oxygens (including phenoxy) is 1. The molecule has 0 saturated carbocycles. The standard InChI is InChI=1S/C18H24N2O/c1-4-5-10-21-18-17-9-7-6-8-15(17)11-16(20-18)13-19-12-14(2)3/h4-9,11,14,19H,10,12-13H2,1-3H3. The molecular formula is C18H24N2O. The van der Waals surface area contributed by atoms with Crippen LogP contribution in [0.3, 0.4) is 0 Å². The second-order valence-corrected chi connectivity index (χ2v) is 5.54. The first-order valence-electron chi connectivity index (χ1n) is 7.54. The van der Waals surface area contributed by atoms with E-state index in [9.17, 15) is 0 Å². The number of pyridine rings is 1. The predicted octanol–water partition coefficient (Wildman–Crippen LogP) is 3.94. The van der Waals surface area contributed by atoms with Gasteiger partial charge in [-0.25, -0.2) is 4.98 Å². The second-order valence-electron chi connectivity index (χ2n) is 5.54. The third kappa shape index (κ3) is 4.57. The van der Waals surface area contributed by atoms with Gasteiger partial charge >= 0.3 is 0 Å². The smallest absolute Gasteiger partial charge is 0.221 e. The summed E-state index contributed by atoms with van der Waals surface area (Å²) in [5.41, 5.74) is 1.02. The summed E-state index contributed by atoms with van der Waals surface area (Å²) in [6.07, 6.45) is 3.97. The van der Waals surface area contributed by atoms with Gasteiger partial charge in [-0.05, 0) is 36.9 Å². The number of hydrogen-bond donors (Lipinski definition) is 1. The van der Waals surface area contributed by atoms with Crippen molar-refractivity contribution in [1.82, 2.24) is 10.3 Å². The fourth-order valence-corrected chi connectivity index (χ4v) is 2.13. The second kappa shape index (κ2) is 7.79. The fraction of sp³-hybridized carbons (Fsp3) is 0.389. The third-order valence-electron chi connectivity index (χ3n) is 3.17. The van der Waals surface area contributed by atoms with Crippen molar-refractivity contribution >= 4 is 10.8 Å². The third-order valence-corrected chi connectivity index (χ3v) is 3.17. The number of aromatic nitrogens is 1. The van der Waals surface area contributed by atoms with Crippen LogP contribution < -0.4 is 10.1 Å². The van der Waals surface area contributed by atoms with Gasteiger partial charge in [0.2, 0.25) is 5.88 Å². The summed E-state index contributed by atoms with van der Waals surface area (Å²) in [6.45, 7) is 8.70. The number of nitrogens with one attached hydrogen (secondary N) is 1. The van der Waals surface area contributed by atoms with Crippen LogP contribution in [0.15, 0.2) is 42.5 Å². The van der Waals surface area contributed by atoms with E-state index in [1.165, 1.54) is 5.39 Å². The normalized spacial score (nSPS) is 11.6. The van der Waals surface area contributed by atoms with Crippen LogP contribution in [0.4, 0.5) is 0 Å². The summed E-state index contributed by atoms with van der Waals surface area (Å²) in [5, 5.41) is 5.66. The number of benzene rings is 1. The maximum absolute atomic E-state index is 5.80. The summed E-state index contributed by atoms with van der Waals surface area (Å²) in [7, 11) is 0.